The molecule has 5 nitrogen and oxygen atoms in total. The number of halogens is 3. The van der Waals surface area contributed by atoms with E-state index in [0.29, 0.717) is 0 Å². The highest BCUT2D eigenvalue weighted by molar-refractivity contribution is 9.10. The van der Waals surface area contributed by atoms with E-state index in [1.165, 1.54) is 0 Å². The van der Waals surface area contributed by atoms with Gasteiger partial charge in [-0.25, -0.2) is 13.6 Å². The second kappa shape index (κ2) is 5.06. The Labute approximate surface area is 96.5 Å². The van der Waals surface area contributed by atoms with Crippen LogP contribution in [0, 0.1) is 0 Å². The second-order valence-corrected chi connectivity index (χ2v) is 3.44. The number of rotatable bonds is 2. The van der Waals surface area contributed by atoms with Gasteiger partial charge in [0.25, 0.3) is 12.0 Å². The van der Waals surface area contributed by atoms with E-state index in [9.17, 15) is 18.4 Å². The number of nitrogens with one attached hydrogen (secondary N) is 1. The first kappa shape index (κ1) is 12.6. The van der Waals surface area contributed by atoms with Crippen LogP contribution in [0.25, 0.3) is 0 Å². The quantitative estimate of drug-likeness (QED) is 0.850. The first-order valence-electron chi connectivity index (χ1n) is 3.92. The summed E-state index contributed by atoms with van der Waals surface area (Å²) in [6.45, 7) is 0. The minimum Gasteiger partial charge on any atom is -0.437 e. The molecule has 0 atom stereocenters. The number of hydrogen-bond acceptors (Lipinski definition) is 4. The van der Waals surface area contributed by atoms with Crippen molar-refractivity contribution in [1.82, 2.24) is 4.98 Å². The summed E-state index contributed by atoms with van der Waals surface area (Å²) in [5.74, 6) is -0.428. The Balaban J connectivity index is 3.11. The van der Waals surface area contributed by atoms with Crippen LogP contribution in [0.15, 0.2) is 15.3 Å². The molecule has 0 aliphatic heterocycles. The molecule has 0 unspecified atom stereocenters. The number of aromatic amines is 1. The van der Waals surface area contributed by atoms with Crippen LogP contribution in [0.3, 0.4) is 0 Å². The average molecular weight is 298 g/mol. The molecule has 0 bridgehead atoms. The Hall–Kier alpha value is -1.44. The molecule has 1 rings (SSSR count). The average Bonchev–Trinajstić information content (AvgIpc) is 2.22. The van der Waals surface area contributed by atoms with Gasteiger partial charge in [-0.3, -0.25) is 4.79 Å². The second-order valence-electron chi connectivity index (χ2n) is 2.58. The van der Waals surface area contributed by atoms with E-state index >= 15 is 0 Å². The first-order chi connectivity index (χ1) is 7.45. The number of ether oxygens (including phenoxy) is 2. The van der Waals surface area contributed by atoms with Crippen molar-refractivity contribution < 1.29 is 23.0 Å². The predicted octanol–water partition coefficient (Wildman–Crippen LogP) is 2.22. The number of hydrogen-bond donors (Lipinski definition) is 1. The van der Waals surface area contributed by atoms with Gasteiger partial charge in [-0.1, -0.05) is 0 Å². The largest absolute Gasteiger partial charge is 0.513 e. The number of carbonyl (C=O) groups is 1. The highest BCUT2D eigenvalue weighted by atomic mass is 79.9. The molecule has 16 heavy (non-hydrogen) atoms. The third-order valence-corrected chi connectivity index (χ3v) is 2.22. The molecular formula is C8H6BrF2NO4. The maximum absolute atomic E-state index is 12.3. The molecule has 0 aliphatic carbocycles. The third-order valence-electron chi connectivity index (χ3n) is 1.57. The number of H-pyrrole nitrogens is 1. The van der Waals surface area contributed by atoms with Gasteiger partial charge in [0.2, 0.25) is 5.75 Å². The molecule has 8 heteroatoms. The van der Waals surface area contributed by atoms with Gasteiger partial charge in [-0.2, -0.15) is 0 Å². The fourth-order valence-corrected chi connectivity index (χ4v) is 1.35. The number of alkyl halides is 2. The highest BCUT2D eigenvalue weighted by Gasteiger charge is 2.17. The Bertz CT molecular complexity index is 460. The Morgan fingerprint density at radius 2 is 2.19 bits per heavy atom. The summed E-state index contributed by atoms with van der Waals surface area (Å²) in [4.78, 5) is 23.8. The monoisotopic (exact) mass is 297 g/mol. The molecule has 1 aromatic rings. The molecular weight excluding hydrogens is 292 g/mol. The number of pyridine rings is 1. The number of methoxy groups -OCH3 is 1. The Morgan fingerprint density at radius 1 is 1.56 bits per heavy atom. The lowest BCUT2D eigenvalue weighted by atomic mass is 10.3. The summed E-state index contributed by atoms with van der Waals surface area (Å²) in [5, 5.41) is 0. The van der Waals surface area contributed by atoms with Crippen molar-refractivity contribution in [3.05, 3.63) is 26.6 Å². The molecule has 0 saturated carbocycles. The first-order valence-corrected chi connectivity index (χ1v) is 4.71. The van der Waals surface area contributed by atoms with Crippen LogP contribution in [-0.4, -0.2) is 18.2 Å². The summed E-state index contributed by atoms with van der Waals surface area (Å²) >= 11 is 2.81. The van der Waals surface area contributed by atoms with Crippen molar-refractivity contribution in [3.8, 4) is 5.75 Å². The van der Waals surface area contributed by atoms with Gasteiger partial charge in [0.1, 0.15) is 0 Å². The van der Waals surface area contributed by atoms with E-state index in [1.54, 1.807) is 0 Å². The Kier molecular flexibility index (Phi) is 3.99. The minimum absolute atomic E-state index is 0.0685. The lowest BCUT2D eigenvalue weighted by Crippen LogP contribution is -2.17. The van der Waals surface area contributed by atoms with Crippen molar-refractivity contribution in [2.75, 3.05) is 7.11 Å². The van der Waals surface area contributed by atoms with Crippen LogP contribution < -0.4 is 10.3 Å². The van der Waals surface area contributed by atoms with Gasteiger partial charge in [-0.05, 0) is 15.9 Å². The van der Waals surface area contributed by atoms with Crippen LogP contribution in [0.2, 0.25) is 0 Å². The third kappa shape index (κ3) is 2.78. The maximum Gasteiger partial charge on any atom is 0.513 e. The van der Waals surface area contributed by atoms with Crippen molar-refractivity contribution >= 4 is 22.1 Å². The predicted molar refractivity (Wildman–Crippen MR) is 52.8 cm³/mol. The fraction of sp³-hybridized carbons (Fsp3) is 0.250. The van der Waals surface area contributed by atoms with E-state index in [1.807, 2.05) is 4.98 Å². The molecule has 1 aromatic heterocycles. The summed E-state index contributed by atoms with van der Waals surface area (Å²) in [6.07, 6.45) is -3.95. The van der Waals surface area contributed by atoms with Gasteiger partial charge in [-0.15, -0.1) is 0 Å². The number of aromatic nitrogens is 1. The molecule has 1 N–H and O–H groups in total. The zero-order valence-corrected chi connectivity index (χ0v) is 9.51. The van der Waals surface area contributed by atoms with E-state index in [2.05, 4.69) is 25.4 Å². The molecule has 0 spiro atoms. The Morgan fingerprint density at radius 3 is 2.69 bits per heavy atom. The topological polar surface area (TPSA) is 68.4 Å². The van der Waals surface area contributed by atoms with Gasteiger partial charge < -0.3 is 14.5 Å². The van der Waals surface area contributed by atoms with Crippen LogP contribution in [-0.2, 0) is 4.74 Å². The van der Waals surface area contributed by atoms with Crippen molar-refractivity contribution in [2.45, 2.75) is 6.43 Å². The van der Waals surface area contributed by atoms with Crippen LogP contribution in [0.1, 0.15) is 12.1 Å². The minimum atomic E-state index is -2.84. The zero-order chi connectivity index (χ0) is 12.3. The number of carbonyl (C=O) groups excluding carboxylic acids is 1. The van der Waals surface area contributed by atoms with Crippen molar-refractivity contribution in [3.63, 3.8) is 0 Å². The lowest BCUT2D eigenvalue weighted by Gasteiger charge is -2.05. The van der Waals surface area contributed by atoms with Crippen LogP contribution in [0.4, 0.5) is 13.6 Å². The maximum atomic E-state index is 12.3. The van der Waals surface area contributed by atoms with Gasteiger partial charge in [0, 0.05) is 10.5 Å². The molecule has 0 saturated heterocycles. The molecule has 0 aromatic carbocycles. The molecule has 0 aliphatic rings. The fourth-order valence-electron chi connectivity index (χ4n) is 0.868. The van der Waals surface area contributed by atoms with Gasteiger partial charge >= 0.3 is 6.16 Å². The van der Waals surface area contributed by atoms with Gasteiger partial charge in [0.05, 0.1) is 12.8 Å². The van der Waals surface area contributed by atoms with Gasteiger partial charge in [0.15, 0.2) is 0 Å². The van der Waals surface area contributed by atoms with Crippen molar-refractivity contribution in [1.29, 1.82) is 0 Å². The molecule has 88 valence electrons. The standard InChI is InChI=1S/C8H6BrF2NO4/c1-15-8(14)16-4-2-3(9)5(6(10)11)12-7(4)13/h2,6H,1H3,(H,12,13). The highest BCUT2D eigenvalue weighted by Crippen LogP contribution is 2.26. The van der Waals surface area contributed by atoms with Crippen LogP contribution >= 0.6 is 15.9 Å². The van der Waals surface area contributed by atoms with Crippen molar-refractivity contribution in [2.24, 2.45) is 0 Å². The molecule has 0 fully saturated rings. The van der Waals surface area contributed by atoms with E-state index in [4.69, 9.17) is 0 Å². The molecule has 1 heterocycles. The summed E-state index contributed by atoms with van der Waals surface area (Å²) in [6, 6.07) is 0.969. The molecule has 0 radical (unpaired) electrons. The van der Waals surface area contributed by atoms with Crippen LogP contribution in [0.5, 0.6) is 5.75 Å². The lowest BCUT2D eigenvalue weighted by molar-refractivity contribution is 0.120. The summed E-state index contributed by atoms with van der Waals surface area (Å²) in [7, 11) is 1.05. The van der Waals surface area contributed by atoms with E-state index < -0.39 is 29.6 Å². The summed E-state index contributed by atoms with van der Waals surface area (Å²) < 4.78 is 33.2. The zero-order valence-electron chi connectivity index (χ0n) is 7.92. The summed E-state index contributed by atoms with van der Waals surface area (Å²) in [5.41, 5.74) is -1.52. The normalized spacial score (nSPS) is 10.3. The van der Waals surface area contributed by atoms with E-state index in [0.717, 1.165) is 13.2 Å². The van der Waals surface area contributed by atoms with E-state index in [-0.39, 0.29) is 4.47 Å². The SMILES string of the molecule is COC(=O)Oc1cc(Br)c(C(F)F)[nH]c1=O. The smallest absolute Gasteiger partial charge is 0.437 e. The molecule has 0 amide bonds.